The van der Waals surface area contributed by atoms with Gasteiger partial charge in [0.2, 0.25) is 10.0 Å². The van der Waals surface area contributed by atoms with Crippen molar-refractivity contribution >= 4 is 34.0 Å². The summed E-state index contributed by atoms with van der Waals surface area (Å²) in [5.74, 6) is -0.818. The van der Waals surface area contributed by atoms with Crippen LogP contribution in [0.15, 0.2) is 47.4 Å². The lowest BCUT2D eigenvalue weighted by molar-refractivity contribution is 0.102. The topological polar surface area (TPSA) is 87.3 Å². The summed E-state index contributed by atoms with van der Waals surface area (Å²) < 4.78 is 41.2. The van der Waals surface area contributed by atoms with Gasteiger partial charge in [-0.05, 0) is 68.3 Å². The maximum atomic E-state index is 13.3. The molecule has 9 heteroatoms. The molecule has 1 fully saturated rings. The third-order valence-electron chi connectivity index (χ3n) is 4.44. The van der Waals surface area contributed by atoms with Crippen LogP contribution >= 0.6 is 12.4 Å². The highest BCUT2D eigenvalue weighted by atomic mass is 35.5. The number of hydrogen-bond donors (Lipinski definition) is 3. The number of nitrogens with one attached hydrogen (secondary N) is 3. The predicted octanol–water partition coefficient (Wildman–Crippen LogP) is 2.84. The largest absolute Gasteiger partial charge is 0.322 e. The van der Waals surface area contributed by atoms with Crippen molar-refractivity contribution < 1.29 is 17.6 Å². The van der Waals surface area contributed by atoms with E-state index in [4.69, 9.17) is 0 Å². The van der Waals surface area contributed by atoms with Crippen molar-refractivity contribution in [3.05, 3.63) is 59.4 Å². The number of halogens is 2. The lowest BCUT2D eigenvalue weighted by atomic mass is 10.1. The van der Waals surface area contributed by atoms with Crippen LogP contribution in [0.3, 0.4) is 0 Å². The van der Waals surface area contributed by atoms with E-state index < -0.39 is 15.9 Å². The van der Waals surface area contributed by atoms with Crippen LogP contribution in [0.2, 0.25) is 0 Å². The molecular formula is C19H23ClFN3O3S. The van der Waals surface area contributed by atoms with Crippen molar-refractivity contribution in [3.63, 3.8) is 0 Å². The van der Waals surface area contributed by atoms with Crippen molar-refractivity contribution in [3.8, 4) is 0 Å². The maximum absolute atomic E-state index is 13.3. The zero-order valence-electron chi connectivity index (χ0n) is 15.4. The molecule has 3 rings (SSSR count). The first-order valence-corrected chi connectivity index (χ1v) is 10.2. The molecule has 3 N–H and O–H groups in total. The monoisotopic (exact) mass is 427 g/mol. The Labute approximate surface area is 170 Å². The van der Waals surface area contributed by atoms with Gasteiger partial charge in [0.1, 0.15) is 5.82 Å². The first kappa shape index (κ1) is 22.3. The third-order valence-corrected chi connectivity index (χ3v) is 5.96. The molecule has 0 saturated carbocycles. The molecule has 1 amide bonds. The Morgan fingerprint density at radius 2 is 2.00 bits per heavy atom. The summed E-state index contributed by atoms with van der Waals surface area (Å²) in [7, 11) is -3.72. The highest BCUT2D eigenvalue weighted by Crippen LogP contribution is 2.17. The van der Waals surface area contributed by atoms with Crippen molar-refractivity contribution in [1.82, 2.24) is 10.0 Å². The van der Waals surface area contributed by atoms with E-state index in [1.807, 2.05) is 0 Å². The average molecular weight is 428 g/mol. The van der Waals surface area contributed by atoms with E-state index in [0.29, 0.717) is 17.8 Å². The number of amides is 1. The summed E-state index contributed by atoms with van der Waals surface area (Å²) in [6.45, 7) is 3.07. The molecule has 2 aromatic carbocycles. The van der Waals surface area contributed by atoms with Crippen molar-refractivity contribution in [1.29, 1.82) is 0 Å². The Morgan fingerprint density at radius 1 is 1.21 bits per heavy atom. The fourth-order valence-corrected chi connectivity index (χ4v) is 4.29. The van der Waals surface area contributed by atoms with Crippen LogP contribution in [0.25, 0.3) is 0 Å². The number of piperidine rings is 1. The number of benzene rings is 2. The van der Waals surface area contributed by atoms with Crippen LogP contribution in [0.4, 0.5) is 10.1 Å². The van der Waals surface area contributed by atoms with Gasteiger partial charge < -0.3 is 10.6 Å². The van der Waals surface area contributed by atoms with E-state index in [-0.39, 0.29) is 34.7 Å². The number of aryl methyl sites for hydroxylation is 1. The lowest BCUT2D eigenvalue weighted by Gasteiger charge is -2.23. The molecular weight excluding hydrogens is 405 g/mol. The number of carbonyl (C=O) groups is 1. The molecule has 1 unspecified atom stereocenters. The molecule has 1 heterocycles. The first-order chi connectivity index (χ1) is 12.8. The van der Waals surface area contributed by atoms with E-state index in [1.165, 1.54) is 42.5 Å². The highest BCUT2D eigenvalue weighted by Gasteiger charge is 2.22. The first-order valence-electron chi connectivity index (χ1n) is 8.76. The van der Waals surface area contributed by atoms with Gasteiger partial charge in [0.05, 0.1) is 4.90 Å². The van der Waals surface area contributed by atoms with Gasteiger partial charge in [-0.3, -0.25) is 4.79 Å². The Morgan fingerprint density at radius 3 is 2.68 bits per heavy atom. The number of sulfonamides is 1. The molecule has 152 valence electrons. The molecule has 1 aliphatic heterocycles. The van der Waals surface area contributed by atoms with Gasteiger partial charge in [0.25, 0.3) is 5.91 Å². The number of carbonyl (C=O) groups excluding carboxylic acids is 1. The van der Waals surface area contributed by atoms with Crippen molar-refractivity contribution in [2.75, 3.05) is 18.4 Å². The van der Waals surface area contributed by atoms with Gasteiger partial charge in [-0.1, -0.05) is 6.07 Å². The summed E-state index contributed by atoms with van der Waals surface area (Å²) in [4.78, 5) is 12.5. The van der Waals surface area contributed by atoms with Crippen molar-refractivity contribution in [2.24, 2.45) is 0 Å². The minimum atomic E-state index is -3.72. The van der Waals surface area contributed by atoms with Crippen LogP contribution < -0.4 is 15.4 Å². The summed E-state index contributed by atoms with van der Waals surface area (Å²) in [6, 6.07) is 9.94. The highest BCUT2D eigenvalue weighted by molar-refractivity contribution is 7.89. The molecule has 28 heavy (non-hydrogen) atoms. The van der Waals surface area contributed by atoms with Gasteiger partial charge in [0.15, 0.2) is 0 Å². The van der Waals surface area contributed by atoms with Crippen LogP contribution in [0, 0.1) is 12.7 Å². The molecule has 6 nitrogen and oxygen atoms in total. The number of hydrogen-bond acceptors (Lipinski definition) is 4. The Kier molecular flexibility index (Phi) is 7.54. The summed E-state index contributed by atoms with van der Waals surface area (Å²) in [6.07, 6.45) is 1.68. The second-order valence-electron chi connectivity index (χ2n) is 6.61. The molecule has 0 radical (unpaired) electrons. The van der Waals surface area contributed by atoms with Crippen LogP contribution in [-0.2, 0) is 10.0 Å². The summed E-state index contributed by atoms with van der Waals surface area (Å²) >= 11 is 0. The molecule has 0 aromatic heterocycles. The fraction of sp³-hybridized carbons (Fsp3) is 0.316. The fourth-order valence-electron chi connectivity index (χ4n) is 2.97. The standard InChI is InChI=1S/C19H22FN3O3S.ClH/c1-13-10-15(7-8-18(13)20)22-19(24)14-4-2-6-17(11-14)27(25,26)23-16-5-3-9-21-12-16;/h2,4,6-8,10-11,16,21,23H,3,5,9,12H2,1H3,(H,22,24);1H. The number of rotatable bonds is 5. The second-order valence-corrected chi connectivity index (χ2v) is 8.32. The zero-order chi connectivity index (χ0) is 19.4. The lowest BCUT2D eigenvalue weighted by Crippen LogP contribution is -2.45. The molecule has 1 aliphatic rings. The molecule has 2 aromatic rings. The molecule has 0 aliphatic carbocycles. The van der Waals surface area contributed by atoms with E-state index in [2.05, 4.69) is 15.4 Å². The third kappa shape index (κ3) is 5.51. The average Bonchev–Trinajstić information content (AvgIpc) is 2.65. The summed E-state index contributed by atoms with van der Waals surface area (Å²) in [5.41, 5.74) is 1.06. The normalized spacial score (nSPS) is 16.9. The Balaban J connectivity index is 0.00000280. The zero-order valence-corrected chi connectivity index (χ0v) is 17.0. The van der Waals surface area contributed by atoms with Gasteiger partial charge in [-0.15, -0.1) is 12.4 Å². The molecule has 1 atom stereocenters. The van der Waals surface area contributed by atoms with Crippen LogP contribution in [-0.4, -0.2) is 33.5 Å². The van der Waals surface area contributed by atoms with Gasteiger partial charge in [-0.2, -0.15) is 0 Å². The SMILES string of the molecule is Cc1cc(NC(=O)c2cccc(S(=O)(=O)NC3CCCNC3)c2)ccc1F.Cl. The number of anilines is 1. The maximum Gasteiger partial charge on any atom is 0.255 e. The van der Waals surface area contributed by atoms with Crippen LogP contribution in [0.5, 0.6) is 0 Å². The van der Waals surface area contributed by atoms with Gasteiger partial charge in [-0.25, -0.2) is 17.5 Å². The Bertz CT molecular complexity index is 947. The van der Waals surface area contributed by atoms with Gasteiger partial charge >= 0.3 is 0 Å². The van der Waals surface area contributed by atoms with E-state index in [1.54, 1.807) is 6.92 Å². The minimum Gasteiger partial charge on any atom is -0.322 e. The van der Waals surface area contributed by atoms with E-state index >= 15 is 0 Å². The minimum absolute atomic E-state index is 0. The van der Waals surface area contributed by atoms with Gasteiger partial charge in [0, 0.05) is 23.8 Å². The van der Waals surface area contributed by atoms with E-state index in [0.717, 1.165) is 19.4 Å². The summed E-state index contributed by atoms with van der Waals surface area (Å²) in [5, 5.41) is 5.81. The molecule has 1 saturated heterocycles. The van der Waals surface area contributed by atoms with Crippen LogP contribution in [0.1, 0.15) is 28.8 Å². The predicted molar refractivity (Wildman–Crippen MR) is 109 cm³/mol. The molecule has 0 bridgehead atoms. The van der Waals surface area contributed by atoms with Crippen molar-refractivity contribution in [2.45, 2.75) is 30.7 Å². The molecule has 0 spiro atoms. The van der Waals surface area contributed by atoms with E-state index in [9.17, 15) is 17.6 Å². The smallest absolute Gasteiger partial charge is 0.255 e. The second kappa shape index (κ2) is 9.47. The Hall–Kier alpha value is -2.00. The quantitative estimate of drug-likeness (QED) is 0.684.